The van der Waals surface area contributed by atoms with Crippen molar-refractivity contribution in [2.75, 3.05) is 18.1 Å². The molecule has 1 aliphatic carbocycles. The van der Waals surface area contributed by atoms with Crippen molar-refractivity contribution in [2.24, 2.45) is 0 Å². The monoisotopic (exact) mass is 254 g/mol. The summed E-state index contributed by atoms with van der Waals surface area (Å²) in [5.74, 6) is 0. The first-order valence-electron chi connectivity index (χ1n) is 5.17. The van der Waals surface area contributed by atoms with Gasteiger partial charge in [0.2, 0.25) is 0 Å². The quantitative estimate of drug-likeness (QED) is 0.543. The molecule has 5 nitrogen and oxygen atoms in total. The third kappa shape index (κ3) is 2.13. The van der Waals surface area contributed by atoms with Gasteiger partial charge in [-0.2, -0.15) is 8.42 Å². The molecule has 0 aromatic heterocycles. The van der Waals surface area contributed by atoms with Crippen molar-refractivity contribution >= 4 is 27.6 Å². The number of fused-ring (bicyclic) bond motifs is 1. The van der Waals surface area contributed by atoms with Gasteiger partial charge >= 0.3 is 0 Å². The van der Waals surface area contributed by atoms with Crippen molar-refractivity contribution in [3.63, 3.8) is 0 Å². The van der Waals surface area contributed by atoms with Gasteiger partial charge in [0.1, 0.15) is 5.25 Å². The predicted octanol–water partition coefficient (Wildman–Crippen LogP) is 1.14. The number of nitrogens with one attached hydrogen (secondary N) is 1. The van der Waals surface area contributed by atoms with Crippen LogP contribution in [0.4, 0.5) is 11.4 Å². The number of hydrogen-bond donors (Lipinski definition) is 3. The minimum Gasteiger partial charge on any atom is -0.398 e. The Balaban J connectivity index is 2.53. The number of benzene rings is 1. The third-order valence-electron chi connectivity index (χ3n) is 2.93. The molecule has 1 aliphatic rings. The molecule has 0 heterocycles. The van der Waals surface area contributed by atoms with Gasteiger partial charge in [-0.15, -0.1) is 0 Å². The highest BCUT2D eigenvalue weighted by atomic mass is 32.2. The van der Waals surface area contributed by atoms with E-state index in [0.29, 0.717) is 5.69 Å². The van der Waals surface area contributed by atoms with Crippen LogP contribution in [-0.2, 0) is 16.5 Å². The number of rotatable bonds is 2. The van der Waals surface area contributed by atoms with Crippen LogP contribution in [0.15, 0.2) is 18.2 Å². The van der Waals surface area contributed by atoms with Crippen LogP contribution in [0.3, 0.4) is 0 Å². The molecule has 0 saturated heterocycles. The van der Waals surface area contributed by atoms with Crippen LogP contribution in [0.25, 0.3) is 6.08 Å². The molecule has 17 heavy (non-hydrogen) atoms. The molecule has 0 aliphatic heterocycles. The van der Waals surface area contributed by atoms with E-state index in [-0.39, 0.29) is 6.42 Å². The van der Waals surface area contributed by atoms with Crippen molar-refractivity contribution in [3.05, 3.63) is 29.3 Å². The molecule has 1 atom stereocenters. The molecule has 4 N–H and O–H groups in total. The van der Waals surface area contributed by atoms with Crippen LogP contribution in [-0.4, -0.2) is 25.3 Å². The zero-order valence-corrected chi connectivity index (χ0v) is 10.2. The lowest BCUT2D eigenvalue weighted by molar-refractivity contribution is 0.474. The van der Waals surface area contributed by atoms with Crippen LogP contribution in [0.1, 0.15) is 11.1 Å². The highest BCUT2D eigenvalue weighted by molar-refractivity contribution is 7.86. The first kappa shape index (κ1) is 11.9. The largest absolute Gasteiger partial charge is 0.398 e. The van der Waals surface area contributed by atoms with E-state index in [1.54, 1.807) is 25.3 Å². The Bertz CT molecular complexity index is 579. The topological polar surface area (TPSA) is 92.4 Å². The molecule has 92 valence electrons. The maximum atomic E-state index is 11.1. The molecule has 1 aromatic rings. The van der Waals surface area contributed by atoms with Crippen molar-refractivity contribution in [2.45, 2.75) is 11.7 Å². The molecule has 1 unspecified atom stereocenters. The Hall–Kier alpha value is -1.53. The van der Waals surface area contributed by atoms with Gasteiger partial charge in [-0.3, -0.25) is 4.55 Å². The number of anilines is 2. The Morgan fingerprint density at radius 2 is 2.18 bits per heavy atom. The summed E-state index contributed by atoms with van der Waals surface area (Å²) in [6, 6.07) is 3.57. The van der Waals surface area contributed by atoms with Crippen LogP contribution in [0.5, 0.6) is 0 Å². The van der Waals surface area contributed by atoms with E-state index < -0.39 is 15.4 Å². The number of hydrogen-bond acceptors (Lipinski definition) is 4. The highest BCUT2D eigenvalue weighted by Gasteiger charge is 2.26. The summed E-state index contributed by atoms with van der Waals surface area (Å²) in [4.78, 5) is 0. The van der Waals surface area contributed by atoms with Crippen molar-refractivity contribution in [1.29, 1.82) is 0 Å². The zero-order chi connectivity index (χ0) is 12.6. The Labute approximate surface area is 100 Å². The summed E-state index contributed by atoms with van der Waals surface area (Å²) in [5.41, 5.74) is 8.89. The molecule has 6 heteroatoms. The third-order valence-corrected chi connectivity index (χ3v) is 4.01. The Morgan fingerprint density at radius 1 is 1.47 bits per heavy atom. The average molecular weight is 254 g/mol. The molecule has 0 bridgehead atoms. The average Bonchev–Trinajstić information content (AvgIpc) is 2.28. The van der Waals surface area contributed by atoms with E-state index in [1.165, 1.54) is 6.08 Å². The zero-order valence-electron chi connectivity index (χ0n) is 9.34. The van der Waals surface area contributed by atoms with Gasteiger partial charge in [0.25, 0.3) is 10.1 Å². The van der Waals surface area contributed by atoms with E-state index >= 15 is 0 Å². The van der Waals surface area contributed by atoms with Gasteiger partial charge < -0.3 is 11.1 Å². The van der Waals surface area contributed by atoms with Crippen molar-refractivity contribution in [1.82, 2.24) is 0 Å². The molecule has 0 spiro atoms. The highest BCUT2D eigenvalue weighted by Crippen LogP contribution is 2.32. The summed E-state index contributed by atoms with van der Waals surface area (Å²) in [5, 5.41) is 2.09. The van der Waals surface area contributed by atoms with Gasteiger partial charge in [-0.05, 0) is 24.1 Å². The molecule has 0 radical (unpaired) electrons. The summed E-state index contributed by atoms with van der Waals surface area (Å²) in [6.45, 7) is 0. The van der Waals surface area contributed by atoms with Gasteiger partial charge in [0.05, 0.1) is 0 Å². The lowest BCUT2D eigenvalue weighted by Gasteiger charge is -2.21. The van der Waals surface area contributed by atoms with Crippen LogP contribution < -0.4 is 11.1 Å². The first-order valence-corrected chi connectivity index (χ1v) is 6.67. The molecule has 0 saturated carbocycles. The predicted molar refractivity (Wildman–Crippen MR) is 68.5 cm³/mol. The second-order valence-electron chi connectivity index (χ2n) is 3.96. The second kappa shape index (κ2) is 4.05. The fourth-order valence-corrected chi connectivity index (χ4v) is 2.67. The molecule has 2 rings (SSSR count). The van der Waals surface area contributed by atoms with Crippen LogP contribution in [0.2, 0.25) is 0 Å². The van der Waals surface area contributed by atoms with Gasteiger partial charge in [-0.1, -0.05) is 12.2 Å². The summed E-state index contributed by atoms with van der Waals surface area (Å²) in [6.07, 6.45) is 3.34. The second-order valence-corrected chi connectivity index (χ2v) is 5.60. The Kier molecular flexibility index (Phi) is 2.84. The van der Waals surface area contributed by atoms with E-state index in [9.17, 15) is 8.42 Å². The molecule has 1 aromatic carbocycles. The molecular formula is C11H14N2O3S. The summed E-state index contributed by atoms with van der Waals surface area (Å²) >= 11 is 0. The van der Waals surface area contributed by atoms with Crippen molar-refractivity contribution in [3.8, 4) is 0 Å². The minimum atomic E-state index is -4.06. The smallest absolute Gasteiger partial charge is 0.271 e. The fourth-order valence-electron chi connectivity index (χ4n) is 2.01. The normalized spacial score (nSPS) is 18.8. The maximum Gasteiger partial charge on any atom is 0.271 e. The first-order chi connectivity index (χ1) is 7.93. The lowest BCUT2D eigenvalue weighted by Crippen LogP contribution is -2.24. The maximum absolute atomic E-state index is 11.1. The summed E-state index contributed by atoms with van der Waals surface area (Å²) in [7, 11) is -2.31. The number of nitrogens with two attached hydrogens (primary N) is 1. The van der Waals surface area contributed by atoms with Crippen molar-refractivity contribution < 1.29 is 13.0 Å². The van der Waals surface area contributed by atoms with E-state index in [2.05, 4.69) is 5.32 Å². The Morgan fingerprint density at radius 3 is 2.76 bits per heavy atom. The molecule has 0 fully saturated rings. The van der Waals surface area contributed by atoms with Crippen LogP contribution >= 0.6 is 0 Å². The SMILES string of the molecule is CNc1ccc(N)c2c1CC(S(=O)(=O)O)C=C2. The van der Waals surface area contributed by atoms with Gasteiger partial charge in [-0.25, -0.2) is 0 Å². The minimum absolute atomic E-state index is 0.228. The van der Waals surface area contributed by atoms with Crippen LogP contribution in [0, 0.1) is 0 Å². The molecule has 0 amide bonds. The van der Waals surface area contributed by atoms with Gasteiger partial charge in [0, 0.05) is 24.0 Å². The molecular weight excluding hydrogens is 240 g/mol. The van der Waals surface area contributed by atoms with E-state index in [4.69, 9.17) is 10.3 Å². The number of nitrogen functional groups attached to an aromatic ring is 1. The lowest BCUT2D eigenvalue weighted by atomic mass is 9.94. The standard InChI is InChI=1S/C11H14N2O3S/c1-13-11-5-4-10(12)8-3-2-7(6-9(8)11)17(14,15)16/h2-5,7,13H,6,12H2,1H3,(H,14,15,16). The van der Waals surface area contributed by atoms with E-state index in [1.807, 2.05) is 0 Å². The van der Waals surface area contributed by atoms with E-state index in [0.717, 1.165) is 16.8 Å². The van der Waals surface area contributed by atoms with Gasteiger partial charge in [0.15, 0.2) is 0 Å². The summed E-state index contributed by atoms with van der Waals surface area (Å²) < 4.78 is 31.3. The fraction of sp³-hybridized carbons (Fsp3) is 0.273.